The number of aromatic amines is 1. The molecule has 0 bridgehead atoms. The number of aromatic nitrogens is 1. The highest BCUT2D eigenvalue weighted by atomic mass is 35.5. The number of likely N-dealkylation sites (N-methyl/N-ethyl adjacent to an activating group) is 1. The third kappa shape index (κ3) is 7.37. The molecule has 0 radical (unpaired) electrons. The number of nitrogens with two attached hydrogens (primary N) is 1. The van der Waals surface area contributed by atoms with Crippen molar-refractivity contribution in [3.8, 4) is 0 Å². The van der Waals surface area contributed by atoms with Gasteiger partial charge in [0.1, 0.15) is 0 Å². The van der Waals surface area contributed by atoms with E-state index in [1.54, 1.807) is 0 Å². The average molecular weight is 437 g/mol. The molecule has 0 unspecified atom stereocenters. The molecule has 1 amide bonds. The van der Waals surface area contributed by atoms with Gasteiger partial charge in [-0.05, 0) is 61.1 Å². The summed E-state index contributed by atoms with van der Waals surface area (Å²) in [6.07, 6.45) is 4.03. The molecule has 3 rings (SSSR count). The molecule has 0 spiro atoms. The van der Waals surface area contributed by atoms with Gasteiger partial charge >= 0.3 is 0 Å². The lowest BCUT2D eigenvalue weighted by Crippen LogP contribution is -2.33. The van der Waals surface area contributed by atoms with Crippen molar-refractivity contribution < 1.29 is 4.79 Å². The number of fused-ring (bicyclic) bond motifs is 1. The van der Waals surface area contributed by atoms with Crippen LogP contribution < -0.4 is 11.1 Å². The number of rotatable bonds is 9. The molecule has 0 fully saturated rings. The second-order valence-corrected chi connectivity index (χ2v) is 6.96. The molecule has 4 N–H and O–H groups in total. The van der Waals surface area contributed by atoms with Crippen molar-refractivity contribution in [1.82, 2.24) is 15.2 Å². The van der Waals surface area contributed by atoms with E-state index >= 15 is 0 Å². The molecule has 0 aliphatic rings. The van der Waals surface area contributed by atoms with Gasteiger partial charge in [-0.3, -0.25) is 4.79 Å². The van der Waals surface area contributed by atoms with E-state index in [1.165, 1.54) is 11.1 Å². The fraction of sp³-hybridized carbons (Fsp3) is 0.318. The Morgan fingerprint density at radius 1 is 1.03 bits per heavy atom. The largest absolute Gasteiger partial charge is 0.361 e. The summed E-state index contributed by atoms with van der Waals surface area (Å²) in [4.78, 5) is 17.7. The molecular formula is C22H30Cl2N4O. The van der Waals surface area contributed by atoms with E-state index in [2.05, 4.69) is 46.5 Å². The third-order valence-corrected chi connectivity index (χ3v) is 4.86. The summed E-state index contributed by atoms with van der Waals surface area (Å²) in [6, 6.07) is 16.2. The summed E-state index contributed by atoms with van der Waals surface area (Å²) in [6.45, 7) is 3.07. The minimum atomic E-state index is -0.0279. The summed E-state index contributed by atoms with van der Waals surface area (Å²) >= 11 is 0. The van der Waals surface area contributed by atoms with E-state index in [0.717, 1.165) is 36.8 Å². The summed E-state index contributed by atoms with van der Waals surface area (Å²) in [5, 5.41) is 4.12. The van der Waals surface area contributed by atoms with Crippen LogP contribution in [0, 0.1) is 0 Å². The molecule has 5 nitrogen and oxygen atoms in total. The Bertz CT molecular complexity index is 880. The van der Waals surface area contributed by atoms with Crippen molar-refractivity contribution in [2.45, 2.75) is 19.4 Å². The van der Waals surface area contributed by atoms with Crippen LogP contribution in [0.1, 0.15) is 27.9 Å². The van der Waals surface area contributed by atoms with Gasteiger partial charge in [0.05, 0.1) is 0 Å². The number of nitrogens with zero attached hydrogens (tertiary/aromatic N) is 1. The number of H-pyrrole nitrogens is 1. The SMILES string of the molecule is CN(CCCc1ccc(CN)cc1)CCNC(=O)c1ccc2cc[nH]c2c1.Cl.Cl. The Morgan fingerprint density at radius 2 is 1.76 bits per heavy atom. The van der Waals surface area contributed by atoms with Gasteiger partial charge in [0.15, 0.2) is 0 Å². The van der Waals surface area contributed by atoms with Gasteiger partial charge in [-0.15, -0.1) is 24.8 Å². The maximum absolute atomic E-state index is 12.3. The zero-order valence-electron chi connectivity index (χ0n) is 16.7. The van der Waals surface area contributed by atoms with Crippen LogP contribution in [-0.4, -0.2) is 42.5 Å². The predicted octanol–water partition coefficient (Wildman–Crippen LogP) is 3.76. The lowest BCUT2D eigenvalue weighted by Gasteiger charge is -2.17. The van der Waals surface area contributed by atoms with Gasteiger partial charge in [0.25, 0.3) is 5.91 Å². The van der Waals surface area contributed by atoms with E-state index in [1.807, 2.05) is 30.5 Å². The Kier molecular flexibility index (Phi) is 10.8. The first kappa shape index (κ1) is 25.0. The van der Waals surface area contributed by atoms with Gasteiger partial charge in [-0.1, -0.05) is 30.3 Å². The standard InChI is InChI=1S/C22H28N4O.2ClH/c1-26(13-2-3-17-4-6-18(16-23)7-5-17)14-12-25-22(27)20-9-8-19-10-11-24-21(19)15-20;;/h4-11,15,24H,2-3,12-14,16,23H2,1H3,(H,25,27);2*1H. The lowest BCUT2D eigenvalue weighted by atomic mass is 10.1. The van der Waals surface area contributed by atoms with Crippen LogP contribution >= 0.6 is 24.8 Å². The first-order chi connectivity index (χ1) is 13.2. The van der Waals surface area contributed by atoms with Gasteiger partial charge in [-0.25, -0.2) is 0 Å². The van der Waals surface area contributed by atoms with Crippen molar-refractivity contribution in [2.24, 2.45) is 5.73 Å². The molecular weight excluding hydrogens is 407 g/mol. The Hall–Kier alpha value is -2.05. The number of hydrogen-bond acceptors (Lipinski definition) is 3. The molecule has 1 aromatic heterocycles. The van der Waals surface area contributed by atoms with E-state index in [4.69, 9.17) is 5.73 Å². The first-order valence-electron chi connectivity index (χ1n) is 9.47. The maximum atomic E-state index is 12.3. The summed E-state index contributed by atoms with van der Waals surface area (Å²) in [5.74, 6) is -0.0279. The third-order valence-electron chi connectivity index (χ3n) is 4.86. The molecule has 2 aromatic carbocycles. The van der Waals surface area contributed by atoms with Gasteiger partial charge in [0.2, 0.25) is 0 Å². The molecule has 0 saturated heterocycles. The highest BCUT2D eigenvalue weighted by Gasteiger charge is 2.07. The number of amides is 1. The number of aryl methyl sites for hydroxylation is 1. The van der Waals surface area contributed by atoms with Crippen LogP contribution in [0.5, 0.6) is 0 Å². The Balaban J connectivity index is 0.00000210. The smallest absolute Gasteiger partial charge is 0.251 e. The number of carbonyl (C=O) groups is 1. The van der Waals surface area contributed by atoms with Crippen LogP contribution in [0.4, 0.5) is 0 Å². The highest BCUT2D eigenvalue weighted by Crippen LogP contribution is 2.14. The molecule has 29 heavy (non-hydrogen) atoms. The molecule has 0 aliphatic heterocycles. The average Bonchev–Trinajstić information content (AvgIpc) is 3.16. The molecule has 158 valence electrons. The summed E-state index contributed by atoms with van der Waals surface area (Å²) in [7, 11) is 2.09. The van der Waals surface area contributed by atoms with E-state index in [9.17, 15) is 4.79 Å². The van der Waals surface area contributed by atoms with Crippen LogP contribution in [0.15, 0.2) is 54.7 Å². The maximum Gasteiger partial charge on any atom is 0.251 e. The minimum Gasteiger partial charge on any atom is -0.361 e. The van der Waals surface area contributed by atoms with E-state index in [-0.39, 0.29) is 30.7 Å². The quantitative estimate of drug-likeness (QED) is 0.477. The number of halogens is 2. The van der Waals surface area contributed by atoms with Crippen molar-refractivity contribution in [2.75, 3.05) is 26.7 Å². The highest BCUT2D eigenvalue weighted by molar-refractivity contribution is 5.97. The zero-order valence-corrected chi connectivity index (χ0v) is 18.3. The normalized spacial score (nSPS) is 10.4. The van der Waals surface area contributed by atoms with Crippen LogP contribution in [-0.2, 0) is 13.0 Å². The number of carbonyl (C=O) groups excluding carboxylic acids is 1. The van der Waals surface area contributed by atoms with E-state index < -0.39 is 0 Å². The second-order valence-electron chi connectivity index (χ2n) is 6.96. The fourth-order valence-electron chi connectivity index (χ4n) is 3.16. The van der Waals surface area contributed by atoms with Gasteiger partial charge < -0.3 is 20.9 Å². The molecule has 1 heterocycles. The zero-order chi connectivity index (χ0) is 19.1. The second kappa shape index (κ2) is 12.5. The predicted molar refractivity (Wildman–Crippen MR) is 125 cm³/mol. The fourth-order valence-corrected chi connectivity index (χ4v) is 3.16. The molecule has 0 aliphatic carbocycles. The van der Waals surface area contributed by atoms with Crippen molar-refractivity contribution >= 4 is 41.6 Å². The van der Waals surface area contributed by atoms with Crippen molar-refractivity contribution in [3.05, 3.63) is 71.4 Å². The topological polar surface area (TPSA) is 74.2 Å². The van der Waals surface area contributed by atoms with Gasteiger partial charge in [0, 0.05) is 36.9 Å². The minimum absolute atomic E-state index is 0. The molecule has 7 heteroatoms. The first-order valence-corrected chi connectivity index (χ1v) is 9.47. The number of benzene rings is 2. The van der Waals surface area contributed by atoms with E-state index in [0.29, 0.717) is 18.7 Å². The monoisotopic (exact) mass is 436 g/mol. The van der Waals surface area contributed by atoms with Crippen LogP contribution in [0.25, 0.3) is 10.9 Å². The molecule has 0 atom stereocenters. The summed E-state index contributed by atoms with van der Waals surface area (Å²) < 4.78 is 0. The number of nitrogens with one attached hydrogen (secondary N) is 2. The summed E-state index contributed by atoms with van der Waals surface area (Å²) in [5.41, 5.74) is 9.81. The Morgan fingerprint density at radius 3 is 2.48 bits per heavy atom. The van der Waals surface area contributed by atoms with Crippen molar-refractivity contribution in [1.29, 1.82) is 0 Å². The van der Waals surface area contributed by atoms with Crippen LogP contribution in [0.3, 0.4) is 0 Å². The van der Waals surface area contributed by atoms with Crippen molar-refractivity contribution in [3.63, 3.8) is 0 Å². The lowest BCUT2D eigenvalue weighted by molar-refractivity contribution is 0.0950. The Labute approximate surface area is 184 Å². The molecule has 3 aromatic rings. The van der Waals surface area contributed by atoms with Crippen LogP contribution in [0.2, 0.25) is 0 Å². The van der Waals surface area contributed by atoms with Gasteiger partial charge in [-0.2, -0.15) is 0 Å². The number of hydrogen-bond donors (Lipinski definition) is 3. The molecule has 0 saturated carbocycles.